The summed E-state index contributed by atoms with van der Waals surface area (Å²) in [4.78, 5) is 23.2. The lowest BCUT2D eigenvalue weighted by Gasteiger charge is -2.16. The minimum absolute atomic E-state index is 0.0000110. The number of carbonyl (C=O) groups excluding carboxylic acids is 1. The molecule has 1 heterocycles. The summed E-state index contributed by atoms with van der Waals surface area (Å²) in [6.45, 7) is 0.292. The molecule has 0 bridgehead atoms. The highest BCUT2D eigenvalue weighted by atomic mass is 79.9. The molecule has 5 nitrogen and oxygen atoms in total. The lowest BCUT2D eigenvalue weighted by atomic mass is 10.2. The van der Waals surface area contributed by atoms with Crippen LogP contribution < -0.4 is 4.90 Å². The van der Waals surface area contributed by atoms with Crippen molar-refractivity contribution in [2.24, 2.45) is 0 Å². The van der Waals surface area contributed by atoms with Gasteiger partial charge in [0.2, 0.25) is 5.91 Å². The molecule has 0 saturated carbocycles. The van der Waals surface area contributed by atoms with Crippen LogP contribution in [0.3, 0.4) is 0 Å². The van der Waals surface area contributed by atoms with Gasteiger partial charge in [0.25, 0.3) is 5.69 Å². The van der Waals surface area contributed by atoms with Gasteiger partial charge >= 0.3 is 0 Å². The second-order valence-electron chi connectivity index (χ2n) is 3.82. The van der Waals surface area contributed by atoms with E-state index in [4.69, 9.17) is 0 Å². The second kappa shape index (κ2) is 4.93. The Labute approximate surface area is 118 Å². The standard InChI is InChI=1S/C10H7Br2FN2O3/c11-5-1-10(16)14(4-5)8-3-7(13)6(12)2-9(8)15(17)18/h2-3,5H,1,4H2. The van der Waals surface area contributed by atoms with E-state index in [0.717, 1.165) is 12.1 Å². The fourth-order valence-corrected chi connectivity index (χ4v) is 2.68. The van der Waals surface area contributed by atoms with Gasteiger partial charge in [-0.05, 0) is 15.9 Å². The van der Waals surface area contributed by atoms with Gasteiger partial charge in [-0.1, -0.05) is 15.9 Å². The summed E-state index contributed by atoms with van der Waals surface area (Å²) in [5, 5.41) is 10.9. The summed E-state index contributed by atoms with van der Waals surface area (Å²) in [7, 11) is 0. The minimum atomic E-state index is -0.638. The van der Waals surface area contributed by atoms with Gasteiger partial charge in [-0.15, -0.1) is 0 Å². The van der Waals surface area contributed by atoms with E-state index in [1.807, 2.05) is 0 Å². The number of alkyl halides is 1. The molecule has 1 saturated heterocycles. The Kier molecular flexibility index (Phi) is 3.67. The molecule has 1 aliphatic rings. The molecule has 8 heteroatoms. The third-order valence-corrected chi connectivity index (χ3v) is 3.80. The van der Waals surface area contributed by atoms with Crippen LogP contribution in [-0.2, 0) is 4.79 Å². The van der Waals surface area contributed by atoms with Crippen LogP contribution in [-0.4, -0.2) is 22.2 Å². The average Bonchev–Trinajstić information content (AvgIpc) is 2.61. The molecule has 96 valence electrons. The Balaban J connectivity index is 2.52. The number of anilines is 1. The Morgan fingerprint density at radius 1 is 1.50 bits per heavy atom. The topological polar surface area (TPSA) is 63.5 Å². The van der Waals surface area contributed by atoms with Crippen molar-refractivity contribution >= 4 is 49.1 Å². The number of amides is 1. The highest BCUT2D eigenvalue weighted by molar-refractivity contribution is 9.10. The first-order valence-electron chi connectivity index (χ1n) is 4.98. The van der Waals surface area contributed by atoms with Gasteiger partial charge in [-0.2, -0.15) is 0 Å². The number of rotatable bonds is 2. The largest absolute Gasteiger partial charge is 0.305 e. The smallest absolute Gasteiger partial charge is 0.294 e. The van der Waals surface area contributed by atoms with Crippen molar-refractivity contribution < 1.29 is 14.1 Å². The molecule has 0 N–H and O–H groups in total. The summed E-state index contributed by atoms with van der Waals surface area (Å²) in [6.07, 6.45) is 0.245. The van der Waals surface area contributed by atoms with Crippen LogP contribution in [0.25, 0.3) is 0 Å². The third-order valence-electron chi connectivity index (χ3n) is 2.58. The summed E-state index contributed by atoms with van der Waals surface area (Å²) < 4.78 is 13.5. The lowest BCUT2D eigenvalue weighted by molar-refractivity contribution is -0.384. The molecule has 1 amide bonds. The monoisotopic (exact) mass is 380 g/mol. The van der Waals surface area contributed by atoms with Crippen LogP contribution in [0, 0.1) is 15.9 Å². The molecule has 2 rings (SSSR count). The summed E-state index contributed by atoms with van der Waals surface area (Å²) in [5.74, 6) is -0.900. The fourth-order valence-electron chi connectivity index (χ4n) is 1.79. The number of halogens is 3. The Bertz CT molecular complexity index is 538. The van der Waals surface area contributed by atoms with Gasteiger partial charge in [0.1, 0.15) is 11.5 Å². The number of hydrogen-bond acceptors (Lipinski definition) is 3. The van der Waals surface area contributed by atoms with Gasteiger partial charge in [0, 0.05) is 29.9 Å². The van der Waals surface area contributed by atoms with E-state index >= 15 is 0 Å². The maximum Gasteiger partial charge on any atom is 0.294 e. The molecule has 1 fully saturated rings. The van der Waals surface area contributed by atoms with Crippen LogP contribution in [0.2, 0.25) is 0 Å². The van der Waals surface area contributed by atoms with Crippen LogP contribution in [0.5, 0.6) is 0 Å². The number of benzene rings is 1. The van der Waals surface area contributed by atoms with Gasteiger partial charge in [0.05, 0.1) is 9.40 Å². The molecule has 18 heavy (non-hydrogen) atoms. The van der Waals surface area contributed by atoms with E-state index in [0.29, 0.717) is 6.54 Å². The molecule has 1 aromatic rings. The first-order valence-corrected chi connectivity index (χ1v) is 6.69. The van der Waals surface area contributed by atoms with E-state index in [-0.39, 0.29) is 33.0 Å². The number of nitro benzene ring substituents is 1. The van der Waals surface area contributed by atoms with Crippen LogP contribution in [0.15, 0.2) is 16.6 Å². The molecule has 0 spiro atoms. The van der Waals surface area contributed by atoms with E-state index in [1.165, 1.54) is 4.90 Å². The van der Waals surface area contributed by atoms with Gasteiger partial charge < -0.3 is 4.90 Å². The van der Waals surface area contributed by atoms with Gasteiger partial charge in [-0.25, -0.2) is 4.39 Å². The first kappa shape index (κ1) is 13.4. The van der Waals surface area contributed by atoms with Gasteiger partial charge in [-0.3, -0.25) is 14.9 Å². The first-order chi connectivity index (χ1) is 8.40. The van der Waals surface area contributed by atoms with E-state index in [9.17, 15) is 19.3 Å². The highest BCUT2D eigenvalue weighted by Crippen LogP contribution is 2.36. The Morgan fingerprint density at radius 2 is 2.17 bits per heavy atom. The summed E-state index contributed by atoms with van der Waals surface area (Å²) in [6, 6.07) is 2.07. The normalized spacial score (nSPS) is 19.4. The minimum Gasteiger partial charge on any atom is -0.305 e. The third kappa shape index (κ3) is 2.39. The Hall–Kier alpha value is -1.02. The molecular formula is C10H7Br2FN2O3. The molecule has 0 aliphatic carbocycles. The maximum absolute atomic E-state index is 13.5. The van der Waals surface area contributed by atoms with E-state index in [2.05, 4.69) is 31.9 Å². The number of carbonyl (C=O) groups is 1. The SMILES string of the molecule is O=C1CC(Br)CN1c1cc(F)c(Br)cc1[N+](=O)[O-]. The Morgan fingerprint density at radius 3 is 2.67 bits per heavy atom. The van der Waals surface area contributed by atoms with Crippen LogP contribution in [0.4, 0.5) is 15.8 Å². The zero-order valence-corrected chi connectivity index (χ0v) is 12.1. The quantitative estimate of drug-likeness (QED) is 0.449. The van der Waals surface area contributed by atoms with Crippen molar-refractivity contribution in [2.45, 2.75) is 11.2 Å². The summed E-state index contributed by atoms with van der Waals surface area (Å²) in [5.41, 5.74) is -0.300. The van der Waals surface area contributed by atoms with Crippen molar-refractivity contribution in [3.05, 3.63) is 32.5 Å². The van der Waals surface area contributed by atoms with Crippen molar-refractivity contribution in [2.75, 3.05) is 11.4 Å². The molecule has 1 atom stereocenters. The predicted octanol–water partition coefficient (Wildman–Crippen LogP) is 3.00. The van der Waals surface area contributed by atoms with Crippen LogP contribution >= 0.6 is 31.9 Å². The fraction of sp³-hybridized carbons (Fsp3) is 0.300. The second-order valence-corrected chi connectivity index (χ2v) is 5.97. The number of hydrogen-bond donors (Lipinski definition) is 0. The predicted molar refractivity (Wildman–Crippen MR) is 70.4 cm³/mol. The van der Waals surface area contributed by atoms with Crippen molar-refractivity contribution in [1.82, 2.24) is 0 Å². The molecule has 0 radical (unpaired) electrons. The van der Waals surface area contributed by atoms with Crippen molar-refractivity contribution in [3.8, 4) is 0 Å². The summed E-state index contributed by atoms with van der Waals surface area (Å²) >= 11 is 6.17. The van der Waals surface area contributed by atoms with Crippen LogP contribution in [0.1, 0.15) is 6.42 Å². The van der Waals surface area contributed by atoms with Gasteiger partial charge in [0.15, 0.2) is 0 Å². The van der Waals surface area contributed by atoms with E-state index < -0.39 is 10.7 Å². The molecule has 1 unspecified atom stereocenters. The molecular weight excluding hydrogens is 375 g/mol. The number of nitrogens with zero attached hydrogens (tertiary/aromatic N) is 2. The molecule has 1 aromatic carbocycles. The van der Waals surface area contributed by atoms with Crippen molar-refractivity contribution in [3.63, 3.8) is 0 Å². The zero-order valence-electron chi connectivity index (χ0n) is 8.90. The van der Waals surface area contributed by atoms with Crippen molar-refractivity contribution in [1.29, 1.82) is 0 Å². The highest BCUT2D eigenvalue weighted by Gasteiger charge is 2.33. The molecule has 0 aromatic heterocycles. The lowest BCUT2D eigenvalue weighted by Crippen LogP contribution is -2.25. The maximum atomic E-state index is 13.5. The molecule has 1 aliphatic heterocycles. The average molecular weight is 382 g/mol. The zero-order chi connectivity index (χ0) is 13.4. The van der Waals surface area contributed by atoms with E-state index in [1.54, 1.807) is 0 Å². The number of nitro groups is 1.